The highest BCUT2D eigenvalue weighted by Gasteiger charge is 2.10. The van der Waals surface area contributed by atoms with Crippen molar-refractivity contribution in [2.45, 2.75) is 6.54 Å². The van der Waals surface area contributed by atoms with E-state index in [0.717, 1.165) is 12.1 Å². The minimum atomic E-state index is -0.647. The fourth-order valence-electron chi connectivity index (χ4n) is 1.17. The maximum atomic E-state index is 13.2. The molecular formula is C10H12F2N2O. The average molecular weight is 214 g/mol. The van der Waals surface area contributed by atoms with Crippen LogP contribution in [-0.4, -0.2) is 25.0 Å². The van der Waals surface area contributed by atoms with E-state index < -0.39 is 11.6 Å². The lowest BCUT2D eigenvalue weighted by Crippen LogP contribution is -2.34. The van der Waals surface area contributed by atoms with Crippen LogP contribution >= 0.6 is 0 Å². The minimum Gasteiger partial charge on any atom is -0.341 e. The first-order valence-electron chi connectivity index (χ1n) is 4.41. The molecular weight excluding hydrogens is 202 g/mol. The van der Waals surface area contributed by atoms with Gasteiger partial charge in [-0.1, -0.05) is 6.07 Å². The van der Waals surface area contributed by atoms with E-state index >= 15 is 0 Å². The lowest BCUT2D eigenvalue weighted by molar-refractivity contribution is 0.208. The number of carbonyl (C=O) groups is 1. The van der Waals surface area contributed by atoms with Crippen molar-refractivity contribution in [1.29, 1.82) is 0 Å². The van der Waals surface area contributed by atoms with E-state index in [4.69, 9.17) is 0 Å². The number of carbonyl (C=O) groups excluding carboxylic acids is 1. The molecule has 1 aromatic carbocycles. The van der Waals surface area contributed by atoms with Crippen LogP contribution in [0.15, 0.2) is 18.2 Å². The van der Waals surface area contributed by atoms with E-state index in [1.807, 2.05) is 0 Å². The standard InChI is InChI=1S/C10H12F2N2O/c1-13-10(15)14(2)6-7-3-4-8(11)5-9(7)12/h3-5H,6H2,1-2H3,(H,13,15). The van der Waals surface area contributed by atoms with Gasteiger partial charge < -0.3 is 10.2 Å². The van der Waals surface area contributed by atoms with Gasteiger partial charge >= 0.3 is 6.03 Å². The van der Waals surface area contributed by atoms with E-state index in [-0.39, 0.29) is 18.1 Å². The fourth-order valence-corrected chi connectivity index (χ4v) is 1.17. The molecule has 0 radical (unpaired) electrons. The number of benzene rings is 1. The highest BCUT2D eigenvalue weighted by atomic mass is 19.1. The van der Waals surface area contributed by atoms with E-state index in [1.54, 1.807) is 0 Å². The number of rotatable bonds is 2. The van der Waals surface area contributed by atoms with Crippen molar-refractivity contribution in [3.63, 3.8) is 0 Å². The highest BCUT2D eigenvalue weighted by Crippen LogP contribution is 2.11. The third-order valence-corrected chi connectivity index (χ3v) is 1.98. The van der Waals surface area contributed by atoms with Crippen molar-refractivity contribution < 1.29 is 13.6 Å². The van der Waals surface area contributed by atoms with Crippen LogP contribution in [-0.2, 0) is 6.54 Å². The molecule has 5 heteroatoms. The van der Waals surface area contributed by atoms with E-state index in [1.165, 1.54) is 25.1 Å². The zero-order valence-corrected chi connectivity index (χ0v) is 8.55. The lowest BCUT2D eigenvalue weighted by Gasteiger charge is -2.16. The first kappa shape index (κ1) is 11.4. The van der Waals surface area contributed by atoms with Crippen LogP contribution in [0.1, 0.15) is 5.56 Å². The molecule has 1 rings (SSSR count). The number of amides is 2. The van der Waals surface area contributed by atoms with Gasteiger partial charge in [0.1, 0.15) is 11.6 Å². The molecule has 0 saturated carbocycles. The summed E-state index contributed by atoms with van der Waals surface area (Å²) in [5.74, 6) is -1.27. The minimum absolute atomic E-state index is 0.103. The molecule has 0 atom stereocenters. The van der Waals surface area contributed by atoms with Gasteiger partial charge in [-0.3, -0.25) is 0 Å². The Kier molecular flexibility index (Phi) is 3.60. The maximum absolute atomic E-state index is 13.2. The smallest absolute Gasteiger partial charge is 0.317 e. The second kappa shape index (κ2) is 4.72. The molecule has 0 bridgehead atoms. The SMILES string of the molecule is CNC(=O)N(C)Cc1ccc(F)cc1F. The summed E-state index contributed by atoms with van der Waals surface area (Å²) in [7, 11) is 3.02. The summed E-state index contributed by atoms with van der Waals surface area (Å²) in [6.45, 7) is 0.103. The topological polar surface area (TPSA) is 32.3 Å². The van der Waals surface area contributed by atoms with Crippen LogP contribution in [0.3, 0.4) is 0 Å². The Morgan fingerprint density at radius 3 is 2.67 bits per heavy atom. The Bertz CT molecular complexity index is 368. The summed E-state index contributed by atoms with van der Waals surface area (Å²) in [4.78, 5) is 12.4. The molecule has 0 aliphatic rings. The van der Waals surface area contributed by atoms with Gasteiger partial charge in [0.05, 0.1) is 0 Å². The van der Waals surface area contributed by atoms with Gasteiger partial charge in [0.15, 0.2) is 0 Å². The van der Waals surface area contributed by atoms with Gasteiger partial charge in [0.2, 0.25) is 0 Å². The molecule has 0 unspecified atom stereocenters. The molecule has 1 N–H and O–H groups in total. The predicted molar refractivity (Wildman–Crippen MR) is 52.3 cm³/mol. The number of hydrogen-bond acceptors (Lipinski definition) is 1. The van der Waals surface area contributed by atoms with Gasteiger partial charge in [-0.2, -0.15) is 0 Å². The number of nitrogens with one attached hydrogen (secondary N) is 1. The van der Waals surface area contributed by atoms with Crippen LogP contribution in [0.5, 0.6) is 0 Å². The third kappa shape index (κ3) is 2.90. The molecule has 82 valence electrons. The second-order valence-electron chi connectivity index (χ2n) is 3.15. The van der Waals surface area contributed by atoms with Crippen molar-refractivity contribution in [2.24, 2.45) is 0 Å². The second-order valence-corrected chi connectivity index (χ2v) is 3.15. The summed E-state index contributed by atoms with van der Waals surface area (Å²) in [5, 5.41) is 2.41. The predicted octanol–water partition coefficient (Wildman–Crippen LogP) is 1.74. The fraction of sp³-hybridized carbons (Fsp3) is 0.300. The summed E-state index contributed by atoms with van der Waals surface area (Å²) in [5.41, 5.74) is 0.280. The van der Waals surface area contributed by atoms with Gasteiger partial charge in [-0.25, -0.2) is 13.6 Å². The number of halogens is 2. The average Bonchev–Trinajstić information content (AvgIpc) is 2.20. The van der Waals surface area contributed by atoms with Crippen molar-refractivity contribution in [3.8, 4) is 0 Å². The third-order valence-electron chi connectivity index (χ3n) is 1.98. The Morgan fingerprint density at radius 1 is 1.47 bits per heavy atom. The normalized spacial score (nSPS) is 9.87. The van der Waals surface area contributed by atoms with E-state index in [0.29, 0.717) is 0 Å². The molecule has 0 heterocycles. The van der Waals surface area contributed by atoms with Crippen LogP contribution in [0.4, 0.5) is 13.6 Å². The van der Waals surface area contributed by atoms with Crippen molar-refractivity contribution in [3.05, 3.63) is 35.4 Å². The van der Waals surface area contributed by atoms with Crippen LogP contribution < -0.4 is 5.32 Å². The largest absolute Gasteiger partial charge is 0.341 e. The molecule has 0 aliphatic heterocycles. The Morgan fingerprint density at radius 2 is 2.13 bits per heavy atom. The highest BCUT2D eigenvalue weighted by molar-refractivity contribution is 5.73. The van der Waals surface area contributed by atoms with Gasteiger partial charge in [-0.15, -0.1) is 0 Å². The molecule has 3 nitrogen and oxygen atoms in total. The van der Waals surface area contributed by atoms with Crippen LogP contribution in [0, 0.1) is 11.6 Å². The Balaban J connectivity index is 2.76. The molecule has 0 fully saturated rings. The lowest BCUT2D eigenvalue weighted by atomic mass is 10.2. The summed E-state index contributed by atoms with van der Waals surface area (Å²) in [6.07, 6.45) is 0. The zero-order chi connectivity index (χ0) is 11.4. The maximum Gasteiger partial charge on any atom is 0.317 e. The Labute approximate surface area is 86.7 Å². The van der Waals surface area contributed by atoms with Crippen molar-refractivity contribution >= 4 is 6.03 Å². The first-order valence-corrected chi connectivity index (χ1v) is 4.41. The molecule has 0 aromatic heterocycles. The van der Waals surface area contributed by atoms with Crippen LogP contribution in [0.25, 0.3) is 0 Å². The quantitative estimate of drug-likeness (QED) is 0.799. The van der Waals surface area contributed by atoms with E-state index in [2.05, 4.69) is 5.32 Å². The monoisotopic (exact) mass is 214 g/mol. The molecule has 0 saturated heterocycles. The van der Waals surface area contributed by atoms with E-state index in [9.17, 15) is 13.6 Å². The van der Waals surface area contributed by atoms with Gasteiger partial charge in [0, 0.05) is 32.3 Å². The molecule has 1 aromatic rings. The number of nitrogens with zero attached hydrogens (tertiary/aromatic N) is 1. The Hall–Kier alpha value is -1.65. The molecule has 0 spiro atoms. The zero-order valence-electron chi connectivity index (χ0n) is 8.55. The number of hydrogen-bond donors (Lipinski definition) is 1. The van der Waals surface area contributed by atoms with Crippen LogP contribution in [0.2, 0.25) is 0 Å². The van der Waals surface area contributed by atoms with Crippen molar-refractivity contribution in [2.75, 3.05) is 14.1 Å². The summed E-state index contributed by atoms with van der Waals surface area (Å²) in [6, 6.07) is 2.96. The van der Waals surface area contributed by atoms with Gasteiger partial charge in [-0.05, 0) is 6.07 Å². The molecule has 0 aliphatic carbocycles. The van der Waals surface area contributed by atoms with Gasteiger partial charge in [0.25, 0.3) is 0 Å². The summed E-state index contributed by atoms with van der Waals surface area (Å²) < 4.78 is 25.8. The number of urea groups is 1. The first-order chi connectivity index (χ1) is 7.04. The van der Waals surface area contributed by atoms with Crippen molar-refractivity contribution in [1.82, 2.24) is 10.2 Å². The molecule has 15 heavy (non-hydrogen) atoms. The summed E-state index contributed by atoms with van der Waals surface area (Å²) >= 11 is 0. The molecule has 2 amide bonds.